The summed E-state index contributed by atoms with van der Waals surface area (Å²) in [5.74, 6) is 0.262. The molecule has 1 amide bonds. The second-order valence-electron chi connectivity index (χ2n) is 6.09. The van der Waals surface area contributed by atoms with Crippen molar-refractivity contribution in [1.29, 1.82) is 5.26 Å². The van der Waals surface area contributed by atoms with Gasteiger partial charge in [-0.3, -0.25) is 9.48 Å². The minimum atomic E-state index is -0.304. The van der Waals surface area contributed by atoms with Gasteiger partial charge in [0.15, 0.2) is 11.4 Å². The van der Waals surface area contributed by atoms with E-state index >= 15 is 0 Å². The first-order valence-electron chi connectivity index (χ1n) is 8.26. The van der Waals surface area contributed by atoms with Crippen LogP contribution < -0.4 is 5.32 Å². The number of pyridine rings is 1. The average molecular weight is 357 g/mol. The molecule has 1 aromatic carbocycles. The van der Waals surface area contributed by atoms with Crippen LogP contribution in [0.25, 0.3) is 22.5 Å². The highest BCUT2D eigenvalue weighted by Gasteiger charge is 2.20. The van der Waals surface area contributed by atoms with E-state index in [0.717, 1.165) is 0 Å². The molecular formula is C20H15N5O2. The third-order valence-electron chi connectivity index (χ3n) is 4.24. The van der Waals surface area contributed by atoms with Crippen molar-refractivity contribution in [2.75, 3.05) is 5.32 Å². The monoisotopic (exact) mass is 357 g/mol. The highest BCUT2D eigenvalue weighted by atomic mass is 16.3. The second kappa shape index (κ2) is 6.42. The summed E-state index contributed by atoms with van der Waals surface area (Å²) in [5.41, 5.74) is 3.32. The van der Waals surface area contributed by atoms with Crippen LogP contribution in [-0.2, 0) is 7.05 Å². The Balaban J connectivity index is 1.84. The Hall–Kier alpha value is -3.92. The number of carbonyl (C=O) groups excluding carboxylic acids is 1. The first-order chi connectivity index (χ1) is 13.1. The Kier molecular flexibility index (Phi) is 3.94. The Labute approximate surface area is 154 Å². The smallest absolute Gasteiger partial charge is 0.256 e. The fraction of sp³-hybridized carbons (Fsp3) is 0.100. The number of fused-ring (bicyclic) bond motifs is 1. The van der Waals surface area contributed by atoms with Gasteiger partial charge in [0.2, 0.25) is 0 Å². The predicted octanol–water partition coefficient (Wildman–Crippen LogP) is 3.66. The Morgan fingerprint density at radius 2 is 2.11 bits per heavy atom. The number of nitrogens with one attached hydrogen (secondary N) is 1. The maximum atomic E-state index is 13.0. The zero-order valence-corrected chi connectivity index (χ0v) is 14.7. The number of carbonyl (C=O) groups is 1. The molecule has 0 aliphatic heterocycles. The number of aromatic nitrogens is 3. The van der Waals surface area contributed by atoms with Crippen molar-refractivity contribution in [1.82, 2.24) is 14.8 Å². The van der Waals surface area contributed by atoms with Crippen LogP contribution in [0, 0.1) is 18.3 Å². The van der Waals surface area contributed by atoms with E-state index in [2.05, 4.69) is 21.5 Å². The molecule has 0 aliphatic carbocycles. The van der Waals surface area contributed by atoms with Gasteiger partial charge in [0.05, 0.1) is 34.5 Å². The van der Waals surface area contributed by atoms with E-state index < -0.39 is 0 Å². The van der Waals surface area contributed by atoms with Gasteiger partial charge in [0.1, 0.15) is 5.69 Å². The number of aryl methyl sites for hydroxylation is 2. The van der Waals surface area contributed by atoms with Crippen molar-refractivity contribution in [2.24, 2.45) is 7.05 Å². The van der Waals surface area contributed by atoms with E-state index in [4.69, 9.17) is 9.68 Å². The zero-order valence-electron chi connectivity index (χ0n) is 14.7. The van der Waals surface area contributed by atoms with Crippen LogP contribution in [0.3, 0.4) is 0 Å². The molecule has 3 aromatic heterocycles. The first kappa shape index (κ1) is 16.5. The number of furan rings is 1. The van der Waals surface area contributed by atoms with E-state index in [1.807, 2.05) is 6.92 Å². The number of hydrogen-bond donors (Lipinski definition) is 1. The van der Waals surface area contributed by atoms with Crippen LogP contribution in [0.15, 0.2) is 53.1 Å². The summed E-state index contributed by atoms with van der Waals surface area (Å²) in [6, 6.07) is 14.1. The van der Waals surface area contributed by atoms with Crippen LogP contribution in [0.2, 0.25) is 0 Å². The molecule has 0 radical (unpaired) electrons. The molecule has 132 valence electrons. The fourth-order valence-electron chi connectivity index (χ4n) is 3.04. The lowest BCUT2D eigenvalue weighted by atomic mass is 10.1. The summed E-state index contributed by atoms with van der Waals surface area (Å²) >= 11 is 0. The normalized spacial score (nSPS) is 10.7. The topological polar surface area (TPSA) is 96.7 Å². The average Bonchev–Trinajstić information content (AvgIpc) is 3.30. The lowest BCUT2D eigenvalue weighted by Crippen LogP contribution is -2.13. The maximum absolute atomic E-state index is 13.0. The van der Waals surface area contributed by atoms with Crippen LogP contribution in [-0.4, -0.2) is 20.7 Å². The fourth-order valence-corrected chi connectivity index (χ4v) is 3.04. The van der Waals surface area contributed by atoms with E-state index in [9.17, 15) is 4.79 Å². The Bertz CT molecular complexity index is 1200. The van der Waals surface area contributed by atoms with Crippen molar-refractivity contribution in [3.8, 4) is 17.5 Å². The number of rotatable bonds is 3. The molecule has 7 nitrogen and oxygen atoms in total. The summed E-state index contributed by atoms with van der Waals surface area (Å²) in [6.07, 6.45) is 1.56. The third kappa shape index (κ3) is 2.93. The van der Waals surface area contributed by atoms with Gasteiger partial charge in [-0.1, -0.05) is 6.07 Å². The number of nitrogens with zero attached hydrogens (tertiary/aromatic N) is 4. The number of amides is 1. The SMILES string of the molecule is Cc1nn(C)c2nc(-c3ccco3)cc(C(=O)Nc3cccc(C#N)c3)c12. The van der Waals surface area contributed by atoms with Gasteiger partial charge < -0.3 is 9.73 Å². The van der Waals surface area contributed by atoms with Gasteiger partial charge in [-0.05, 0) is 43.3 Å². The van der Waals surface area contributed by atoms with Crippen molar-refractivity contribution in [2.45, 2.75) is 6.92 Å². The Morgan fingerprint density at radius 3 is 2.85 bits per heavy atom. The van der Waals surface area contributed by atoms with Crippen LogP contribution in [0.4, 0.5) is 5.69 Å². The van der Waals surface area contributed by atoms with E-state index in [0.29, 0.717) is 45.0 Å². The molecule has 0 fully saturated rings. The molecule has 7 heteroatoms. The van der Waals surface area contributed by atoms with Gasteiger partial charge in [0, 0.05) is 12.7 Å². The molecule has 27 heavy (non-hydrogen) atoms. The van der Waals surface area contributed by atoms with E-state index in [-0.39, 0.29) is 5.91 Å². The van der Waals surface area contributed by atoms with Crippen LogP contribution in [0.5, 0.6) is 0 Å². The molecule has 0 spiro atoms. The van der Waals surface area contributed by atoms with Crippen molar-refractivity contribution >= 4 is 22.6 Å². The molecule has 0 saturated heterocycles. The molecule has 4 aromatic rings. The first-order valence-corrected chi connectivity index (χ1v) is 8.26. The lowest BCUT2D eigenvalue weighted by Gasteiger charge is -2.09. The van der Waals surface area contributed by atoms with Crippen molar-refractivity contribution in [3.63, 3.8) is 0 Å². The highest BCUT2D eigenvalue weighted by Crippen LogP contribution is 2.27. The molecular weight excluding hydrogens is 342 g/mol. The molecule has 0 aliphatic rings. The number of anilines is 1. The van der Waals surface area contributed by atoms with Gasteiger partial charge in [0.25, 0.3) is 5.91 Å². The van der Waals surface area contributed by atoms with Crippen LogP contribution in [0.1, 0.15) is 21.6 Å². The molecule has 3 heterocycles. The van der Waals surface area contributed by atoms with Gasteiger partial charge in [-0.25, -0.2) is 4.98 Å². The molecule has 0 bridgehead atoms. The second-order valence-corrected chi connectivity index (χ2v) is 6.09. The van der Waals surface area contributed by atoms with Gasteiger partial charge in [-0.15, -0.1) is 0 Å². The zero-order chi connectivity index (χ0) is 19.0. The van der Waals surface area contributed by atoms with Crippen LogP contribution >= 0.6 is 0 Å². The minimum Gasteiger partial charge on any atom is -0.463 e. The summed E-state index contributed by atoms with van der Waals surface area (Å²) in [7, 11) is 1.78. The van der Waals surface area contributed by atoms with Gasteiger partial charge >= 0.3 is 0 Å². The quantitative estimate of drug-likeness (QED) is 0.603. The summed E-state index contributed by atoms with van der Waals surface area (Å²) < 4.78 is 7.08. The third-order valence-corrected chi connectivity index (χ3v) is 4.24. The Morgan fingerprint density at radius 1 is 1.26 bits per heavy atom. The minimum absolute atomic E-state index is 0.304. The summed E-state index contributed by atoms with van der Waals surface area (Å²) in [5, 5.41) is 17.0. The number of hydrogen-bond acceptors (Lipinski definition) is 5. The highest BCUT2D eigenvalue weighted by molar-refractivity contribution is 6.13. The van der Waals surface area contributed by atoms with Crippen molar-refractivity contribution < 1.29 is 9.21 Å². The molecule has 4 rings (SSSR count). The standard InChI is InChI=1S/C20H15N5O2/c1-12-18-15(20(26)22-14-6-3-5-13(9-14)11-21)10-16(17-7-4-8-27-17)23-19(18)25(2)24-12/h3-10H,1-2H3,(H,22,26). The van der Waals surface area contributed by atoms with Crippen molar-refractivity contribution in [3.05, 3.63) is 65.5 Å². The summed E-state index contributed by atoms with van der Waals surface area (Å²) in [4.78, 5) is 17.6. The van der Waals surface area contributed by atoms with Gasteiger partial charge in [-0.2, -0.15) is 10.4 Å². The number of nitriles is 1. The molecule has 0 atom stereocenters. The molecule has 0 saturated carbocycles. The number of benzene rings is 1. The van der Waals surface area contributed by atoms with E-state index in [1.54, 1.807) is 60.5 Å². The molecule has 1 N–H and O–H groups in total. The predicted molar refractivity (Wildman–Crippen MR) is 100 cm³/mol. The largest absolute Gasteiger partial charge is 0.463 e. The summed E-state index contributed by atoms with van der Waals surface area (Å²) in [6.45, 7) is 1.84. The van der Waals surface area contributed by atoms with E-state index in [1.165, 1.54) is 0 Å². The maximum Gasteiger partial charge on any atom is 0.256 e. The lowest BCUT2D eigenvalue weighted by molar-refractivity contribution is 0.102. The molecule has 0 unspecified atom stereocenters.